The number of aryl methyl sites for hydroxylation is 1. The van der Waals surface area contributed by atoms with E-state index in [9.17, 15) is 4.79 Å². The molecule has 0 aromatic heterocycles. The van der Waals surface area contributed by atoms with Gasteiger partial charge < -0.3 is 0 Å². The van der Waals surface area contributed by atoms with Crippen LogP contribution in [0, 0.1) is 6.92 Å². The Kier molecular flexibility index (Phi) is 4.21. The molecule has 0 heterocycles. The van der Waals surface area contributed by atoms with Crippen molar-refractivity contribution in [3.63, 3.8) is 0 Å². The molecule has 0 atom stereocenters. The van der Waals surface area contributed by atoms with Gasteiger partial charge in [-0.15, -0.1) is 0 Å². The van der Waals surface area contributed by atoms with E-state index in [2.05, 4.69) is 0 Å². The van der Waals surface area contributed by atoms with Crippen molar-refractivity contribution in [1.82, 2.24) is 0 Å². The van der Waals surface area contributed by atoms with E-state index in [0.717, 1.165) is 5.56 Å². The number of hydrogen-bond donors (Lipinski definition) is 0. The molecular formula is C11H9Cl3O. The molecule has 0 aliphatic heterocycles. The van der Waals surface area contributed by atoms with Gasteiger partial charge in [-0.3, -0.25) is 4.79 Å². The van der Waals surface area contributed by atoms with Crippen molar-refractivity contribution in [2.75, 3.05) is 0 Å². The second-order valence-corrected chi connectivity index (χ2v) is 5.47. The summed E-state index contributed by atoms with van der Waals surface area (Å²) in [4.78, 5) is 11.5. The van der Waals surface area contributed by atoms with Crippen LogP contribution in [0.4, 0.5) is 0 Å². The highest BCUT2D eigenvalue weighted by molar-refractivity contribution is 6.69. The number of hydrogen-bond acceptors (Lipinski definition) is 1. The minimum atomic E-state index is -1.53. The molecule has 1 rings (SSSR count). The summed E-state index contributed by atoms with van der Waals surface area (Å²) in [6.07, 6.45) is 2.50. The molecule has 0 bridgehead atoms. The van der Waals surface area contributed by atoms with Crippen LogP contribution in [-0.2, 0) is 0 Å². The standard InChI is InChI=1S/C11H9Cl3O/c1-8-2-4-9(5-3-8)10(15)6-7-11(12,13)14/h2-7H,1H3. The average Bonchev–Trinajstić information content (AvgIpc) is 2.14. The number of alkyl halides is 3. The number of benzene rings is 1. The van der Waals surface area contributed by atoms with Gasteiger partial charge in [-0.2, -0.15) is 0 Å². The molecule has 0 spiro atoms. The second-order valence-electron chi connectivity index (χ2n) is 3.11. The lowest BCUT2D eigenvalue weighted by Crippen LogP contribution is -1.99. The summed E-state index contributed by atoms with van der Waals surface area (Å²) in [7, 11) is 0. The first-order valence-electron chi connectivity index (χ1n) is 4.25. The van der Waals surface area contributed by atoms with E-state index in [-0.39, 0.29) is 5.78 Å². The molecule has 0 aliphatic carbocycles. The molecule has 1 aromatic rings. The van der Waals surface area contributed by atoms with Crippen LogP contribution >= 0.6 is 34.8 Å². The van der Waals surface area contributed by atoms with Gasteiger partial charge in [0, 0.05) is 5.56 Å². The van der Waals surface area contributed by atoms with Gasteiger partial charge in [-0.1, -0.05) is 64.6 Å². The van der Waals surface area contributed by atoms with E-state index in [1.165, 1.54) is 12.2 Å². The third-order valence-electron chi connectivity index (χ3n) is 1.76. The molecule has 1 nitrogen and oxygen atoms in total. The predicted molar refractivity (Wildman–Crippen MR) is 64.9 cm³/mol. The van der Waals surface area contributed by atoms with E-state index in [0.29, 0.717) is 5.56 Å². The topological polar surface area (TPSA) is 17.1 Å². The quantitative estimate of drug-likeness (QED) is 0.446. The molecule has 0 aliphatic rings. The Morgan fingerprint density at radius 2 is 1.73 bits per heavy atom. The summed E-state index contributed by atoms with van der Waals surface area (Å²) in [6.45, 7) is 1.95. The minimum absolute atomic E-state index is 0.179. The van der Waals surface area contributed by atoms with E-state index in [1.54, 1.807) is 12.1 Å². The molecule has 0 fully saturated rings. The maximum Gasteiger partial charge on any atom is 0.209 e. The second kappa shape index (κ2) is 5.02. The van der Waals surface area contributed by atoms with Crippen molar-refractivity contribution < 1.29 is 4.79 Å². The minimum Gasteiger partial charge on any atom is -0.289 e. The summed E-state index contributed by atoms with van der Waals surface area (Å²) >= 11 is 16.4. The zero-order chi connectivity index (χ0) is 11.5. The Balaban J connectivity index is 2.78. The third-order valence-corrected chi connectivity index (χ3v) is 2.14. The van der Waals surface area contributed by atoms with Crippen LogP contribution in [0.15, 0.2) is 36.4 Å². The summed E-state index contributed by atoms with van der Waals surface area (Å²) in [5.74, 6) is -0.179. The molecule has 0 radical (unpaired) electrons. The van der Waals surface area contributed by atoms with Crippen LogP contribution in [0.25, 0.3) is 0 Å². The van der Waals surface area contributed by atoms with Gasteiger partial charge in [-0.25, -0.2) is 0 Å². The van der Waals surface area contributed by atoms with Crippen molar-refractivity contribution >= 4 is 40.6 Å². The van der Waals surface area contributed by atoms with Gasteiger partial charge >= 0.3 is 0 Å². The summed E-state index contributed by atoms with van der Waals surface area (Å²) < 4.78 is -1.53. The lowest BCUT2D eigenvalue weighted by atomic mass is 10.1. The molecule has 0 unspecified atom stereocenters. The maximum atomic E-state index is 11.5. The first kappa shape index (κ1) is 12.6. The molecule has 0 amide bonds. The fourth-order valence-corrected chi connectivity index (χ4v) is 1.17. The van der Waals surface area contributed by atoms with Crippen LogP contribution < -0.4 is 0 Å². The van der Waals surface area contributed by atoms with Crippen LogP contribution in [0.3, 0.4) is 0 Å². The normalized spacial score (nSPS) is 12.0. The number of allylic oxidation sites excluding steroid dienone is 2. The van der Waals surface area contributed by atoms with E-state index < -0.39 is 3.79 Å². The first-order valence-corrected chi connectivity index (χ1v) is 5.39. The molecule has 0 N–H and O–H groups in total. The molecule has 15 heavy (non-hydrogen) atoms. The molecule has 0 saturated carbocycles. The molecule has 80 valence electrons. The highest BCUT2D eigenvalue weighted by Crippen LogP contribution is 2.27. The van der Waals surface area contributed by atoms with Crippen LogP contribution in [0.5, 0.6) is 0 Å². The van der Waals surface area contributed by atoms with Gasteiger partial charge in [0.05, 0.1) is 0 Å². The van der Waals surface area contributed by atoms with Crippen LogP contribution in [0.1, 0.15) is 15.9 Å². The number of rotatable bonds is 2. The first-order chi connectivity index (χ1) is 6.88. The van der Waals surface area contributed by atoms with Crippen molar-refractivity contribution in [2.24, 2.45) is 0 Å². The summed E-state index contributed by atoms with van der Waals surface area (Å²) in [5.41, 5.74) is 1.67. The van der Waals surface area contributed by atoms with Gasteiger partial charge in [0.1, 0.15) is 0 Å². The van der Waals surface area contributed by atoms with Crippen LogP contribution in [-0.4, -0.2) is 9.58 Å². The monoisotopic (exact) mass is 262 g/mol. The maximum absolute atomic E-state index is 11.5. The smallest absolute Gasteiger partial charge is 0.209 e. The Morgan fingerprint density at radius 3 is 2.20 bits per heavy atom. The SMILES string of the molecule is Cc1ccc(C(=O)C=CC(Cl)(Cl)Cl)cc1. The summed E-state index contributed by atoms with van der Waals surface area (Å²) in [6, 6.07) is 7.19. The Labute approximate surface area is 104 Å². The zero-order valence-corrected chi connectivity index (χ0v) is 10.3. The van der Waals surface area contributed by atoms with Crippen molar-refractivity contribution in [3.8, 4) is 0 Å². The van der Waals surface area contributed by atoms with Crippen molar-refractivity contribution in [1.29, 1.82) is 0 Å². The van der Waals surface area contributed by atoms with Gasteiger partial charge in [0.2, 0.25) is 3.79 Å². The third kappa shape index (κ3) is 4.70. The van der Waals surface area contributed by atoms with E-state index in [4.69, 9.17) is 34.8 Å². The lowest BCUT2D eigenvalue weighted by molar-refractivity contribution is 0.104. The van der Waals surface area contributed by atoms with Gasteiger partial charge in [-0.05, 0) is 19.1 Å². The number of ketones is 1. The lowest BCUT2D eigenvalue weighted by Gasteiger charge is -2.02. The highest BCUT2D eigenvalue weighted by Gasteiger charge is 2.14. The summed E-state index contributed by atoms with van der Waals surface area (Å²) in [5, 5.41) is 0. The number of carbonyl (C=O) groups excluding carboxylic acids is 1. The van der Waals surface area contributed by atoms with Gasteiger partial charge in [0.25, 0.3) is 0 Å². The molecule has 1 aromatic carbocycles. The number of carbonyl (C=O) groups is 1. The average molecular weight is 264 g/mol. The largest absolute Gasteiger partial charge is 0.289 e. The van der Waals surface area contributed by atoms with Crippen molar-refractivity contribution in [3.05, 3.63) is 47.5 Å². The Bertz CT molecular complexity index is 374. The molecule has 0 saturated heterocycles. The van der Waals surface area contributed by atoms with Crippen LogP contribution in [0.2, 0.25) is 0 Å². The fraction of sp³-hybridized carbons (Fsp3) is 0.182. The van der Waals surface area contributed by atoms with E-state index >= 15 is 0 Å². The molecular weight excluding hydrogens is 254 g/mol. The zero-order valence-electron chi connectivity index (χ0n) is 8.01. The van der Waals surface area contributed by atoms with E-state index in [1.807, 2.05) is 19.1 Å². The van der Waals surface area contributed by atoms with Gasteiger partial charge in [0.15, 0.2) is 5.78 Å². The Morgan fingerprint density at radius 1 is 1.20 bits per heavy atom. The number of halogens is 3. The predicted octanol–water partition coefficient (Wildman–Crippen LogP) is 4.10. The highest BCUT2D eigenvalue weighted by atomic mass is 35.6. The fourth-order valence-electron chi connectivity index (χ4n) is 0.984. The van der Waals surface area contributed by atoms with Crippen molar-refractivity contribution in [2.45, 2.75) is 10.7 Å². The Hall–Kier alpha value is -0.500. The molecule has 4 heteroatoms.